The van der Waals surface area contributed by atoms with E-state index in [9.17, 15) is 14.4 Å². The summed E-state index contributed by atoms with van der Waals surface area (Å²) >= 11 is 0. The third-order valence-corrected chi connectivity index (χ3v) is 2.92. The van der Waals surface area contributed by atoms with Crippen LogP contribution < -0.4 is 4.74 Å². The second-order valence-electron chi connectivity index (χ2n) is 4.81. The summed E-state index contributed by atoms with van der Waals surface area (Å²) in [6.07, 6.45) is 2.56. The monoisotopic (exact) mass is 364 g/mol. The predicted molar refractivity (Wildman–Crippen MR) is 90.8 cm³/mol. The first kappa shape index (κ1) is 20.9. The predicted octanol–water partition coefficient (Wildman–Crippen LogP) is 1.85. The van der Waals surface area contributed by atoms with Gasteiger partial charge in [-0.2, -0.15) is 4.89 Å². The first-order valence-electron chi connectivity index (χ1n) is 7.53. The molecule has 0 unspecified atom stereocenters. The van der Waals surface area contributed by atoms with Gasteiger partial charge in [0.05, 0.1) is 20.6 Å². The van der Waals surface area contributed by atoms with Crippen LogP contribution in [-0.2, 0) is 33.6 Å². The molecule has 0 N–H and O–H groups in total. The van der Waals surface area contributed by atoms with E-state index in [1.54, 1.807) is 30.3 Å². The van der Waals surface area contributed by atoms with E-state index in [0.29, 0.717) is 5.75 Å². The lowest BCUT2D eigenvalue weighted by Gasteiger charge is -2.08. The van der Waals surface area contributed by atoms with Crippen LogP contribution >= 0.6 is 0 Å². The fourth-order valence-corrected chi connectivity index (χ4v) is 1.66. The second kappa shape index (κ2) is 11.4. The molecule has 0 radical (unpaired) electrons. The van der Waals surface area contributed by atoms with E-state index in [1.807, 2.05) is 0 Å². The van der Waals surface area contributed by atoms with Crippen LogP contribution in [0.4, 0.5) is 0 Å². The first-order valence-corrected chi connectivity index (χ1v) is 7.53. The van der Waals surface area contributed by atoms with E-state index in [-0.39, 0.29) is 25.2 Å². The molecule has 0 aromatic heterocycles. The van der Waals surface area contributed by atoms with Gasteiger partial charge in [-0.15, -0.1) is 0 Å². The van der Waals surface area contributed by atoms with E-state index >= 15 is 0 Å². The number of carbonyl (C=O) groups is 3. The Kier molecular flexibility index (Phi) is 9.19. The van der Waals surface area contributed by atoms with Crippen LogP contribution in [0.3, 0.4) is 0 Å². The van der Waals surface area contributed by atoms with Crippen LogP contribution in [0.1, 0.15) is 12.0 Å². The summed E-state index contributed by atoms with van der Waals surface area (Å²) in [5.41, 5.74) is 0.774. The molecule has 0 atom stereocenters. The second-order valence-corrected chi connectivity index (χ2v) is 4.81. The molecule has 0 aliphatic rings. The Bertz CT molecular complexity index is 660. The number of carbonyl (C=O) groups excluding carboxylic acids is 3. The molecule has 8 nitrogen and oxygen atoms in total. The number of methoxy groups -OCH3 is 1. The Morgan fingerprint density at radius 3 is 2.38 bits per heavy atom. The number of hydrogen-bond donors (Lipinski definition) is 0. The smallest absolute Gasteiger partial charge is 0.365 e. The lowest BCUT2D eigenvalue weighted by Crippen LogP contribution is -2.15. The van der Waals surface area contributed by atoms with E-state index in [4.69, 9.17) is 9.47 Å². The highest BCUT2D eigenvalue weighted by atomic mass is 17.2. The van der Waals surface area contributed by atoms with Gasteiger partial charge in [-0.1, -0.05) is 18.7 Å². The Labute approximate surface area is 150 Å². The lowest BCUT2D eigenvalue weighted by molar-refractivity contribution is -0.249. The maximum atomic E-state index is 11.6. The minimum atomic E-state index is -0.678. The van der Waals surface area contributed by atoms with Gasteiger partial charge in [0.2, 0.25) is 0 Å². The SMILES string of the molecule is C=C(CC(=O)OC)C(=O)OCCOc1ccc(/C=C/C(=O)OOC)cc1. The van der Waals surface area contributed by atoms with Crippen molar-refractivity contribution in [2.45, 2.75) is 6.42 Å². The summed E-state index contributed by atoms with van der Waals surface area (Å²) in [5, 5.41) is 0. The van der Waals surface area contributed by atoms with Gasteiger partial charge in [-0.05, 0) is 23.8 Å². The van der Waals surface area contributed by atoms with Crippen LogP contribution in [0.15, 0.2) is 42.5 Å². The molecule has 140 valence electrons. The zero-order chi connectivity index (χ0) is 19.4. The van der Waals surface area contributed by atoms with Gasteiger partial charge in [-0.3, -0.25) is 9.68 Å². The molecule has 1 rings (SSSR count). The average molecular weight is 364 g/mol. The van der Waals surface area contributed by atoms with Crippen molar-refractivity contribution in [1.82, 2.24) is 0 Å². The molecule has 0 aliphatic carbocycles. The number of benzene rings is 1. The Morgan fingerprint density at radius 1 is 1.08 bits per heavy atom. The topological polar surface area (TPSA) is 97.4 Å². The van der Waals surface area contributed by atoms with Gasteiger partial charge in [0, 0.05) is 11.6 Å². The Hall–Kier alpha value is -3.13. The highest BCUT2D eigenvalue weighted by molar-refractivity contribution is 5.93. The molecule has 0 bridgehead atoms. The highest BCUT2D eigenvalue weighted by Crippen LogP contribution is 2.13. The normalized spacial score (nSPS) is 10.2. The van der Waals surface area contributed by atoms with Crippen LogP contribution in [0, 0.1) is 0 Å². The molecule has 0 heterocycles. The molecule has 0 aliphatic heterocycles. The van der Waals surface area contributed by atoms with Crippen LogP contribution in [-0.4, -0.2) is 45.3 Å². The van der Waals surface area contributed by atoms with Crippen molar-refractivity contribution < 1.29 is 38.4 Å². The number of esters is 2. The third kappa shape index (κ3) is 8.11. The van der Waals surface area contributed by atoms with Crippen LogP contribution in [0.2, 0.25) is 0 Å². The van der Waals surface area contributed by atoms with Crippen LogP contribution in [0.25, 0.3) is 6.08 Å². The summed E-state index contributed by atoms with van der Waals surface area (Å²) in [5.74, 6) is -1.30. The Balaban J connectivity index is 2.33. The van der Waals surface area contributed by atoms with Crippen molar-refractivity contribution in [1.29, 1.82) is 0 Å². The number of ether oxygens (including phenoxy) is 3. The molecular formula is C18H20O8. The summed E-state index contributed by atoms with van der Waals surface area (Å²) in [6, 6.07) is 6.85. The fraction of sp³-hybridized carbons (Fsp3) is 0.278. The summed E-state index contributed by atoms with van der Waals surface area (Å²) in [6.45, 7) is 3.60. The zero-order valence-corrected chi connectivity index (χ0v) is 14.6. The van der Waals surface area contributed by atoms with Gasteiger partial charge in [0.1, 0.15) is 19.0 Å². The molecule has 1 aromatic carbocycles. The quantitative estimate of drug-likeness (QED) is 0.204. The molecule has 26 heavy (non-hydrogen) atoms. The fourth-order valence-electron chi connectivity index (χ4n) is 1.66. The summed E-state index contributed by atoms with van der Waals surface area (Å²) in [7, 11) is 2.46. The van der Waals surface area contributed by atoms with Crippen molar-refractivity contribution in [3.05, 3.63) is 48.1 Å². The molecule has 8 heteroatoms. The summed E-state index contributed by atoms with van der Waals surface area (Å²) < 4.78 is 14.8. The minimum Gasteiger partial charge on any atom is -0.490 e. The maximum Gasteiger partial charge on any atom is 0.365 e. The lowest BCUT2D eigenvalue weighted by atomic mass is 10.2. The molecule has 0 amide bonds. The first-order chi connectivity index (χ1) is 12.5. The van der Waals surface area contributed by atoms with E-state index in [0.717, 1.165) is 5.56 Å². The molecule has 0 fully saturated rings. The van der Waals surface area contributed by atoms with Gasteiger partial charge < -0.3 is 14.2 Å². The molecule has 0 saturated heterocycles. The zero-order valence-electron chi connectivity index (χ0n) is 14.6. The van der Waals surface area contributed by atoms with Gasteiger partial charge in [0.25, 0.3) is 0 Å². The van der Waals surface area contributed by atoms with E-state index < -0.39 is 17.9 Å². The number of hydrogen-bond acceptors (Lipinski definition) is 8. The largest absolute Gasteiger partial charge is 0.490 e. The molecule has 0 saturated carbocycles. The molecular weight excluding hydrogens is 344 g/mol. The molecule has 0 spiro atoms. The van der Waals surface area contributed by atoms with Crippen molar-refractivity contribution in [2.24, 2.45) is 0 Å². The average Bonchev–Trinajstić information content (AvgIpc) is 2.64. The van der Waals surface area contributed by atoms with Gasteiger partial charge >= 0.3 is 17.9 Å². The molecule has 1 aromatic rings. The van der Waals surface area contributed by atoms with E-state index in [1.165, 1.54) is 20.3 Å². The third-order valence-electron chi connectivity index (χ3n) is 2.92. The van der Waals surface area contributed by atoms with Crippen molar-refractivity contribution in [3.8, 4) is 5.75 Å². The standard InChI is InChI=1S/C18H20O8/c1-13(12-17(20)22-2)18(21)25-11-10-24-15-7-4-14(5-8-15)6-9-16(19)26-23-3/h4-9H,1,10-12H2,2-3H3/b9-6+. The minimum absolute atomic E-state index is 0.00351. The van der Waals surface area contributed by atoms with Gasteiger partial charge in [-0.25, -0.2) is 9.59 Å². The Morgan fingerprint density at radius 2 is 1.77 bits per heavy atom. The number of rotatable bonds is 10. The van der Waals surface area contributed by atoms with E-state index in [2.05, 4.69) is 21.1 Å². The van der Waals surface area contributed by atoms with Crippen molar-refractivity contribution in [2.75, 3.05) is 27.4 Å². The summed E-state index contributed by atoms with van der Waals surface area (Å²) in [4.78, 5) is 42.3. The van der Waals surface area contributed by atoms with Crippen molar-refractivity contribution >= 4 is 24.0 Å². The highest BCUT2D eigenvalue weighted by Gasteiger charge is 2.13. The van der Waals surface area contributed by atoms with Crippen LogP contribution in [0.5, 0.6) is 5.75 Å². The van der Waals surface area contributed by atoms with Crippen molar-refractivity contribution in [3.63, 3.8) is 0 Å². The maximum absolute atomic E-state index is 11.6. The van der Waals surface area contributed by atoms with Gasteiger partial charge in [0.15, 0.2) is 0 Å².